The predicted octanol–water partition coefficient (Wildman–Crippen LogP) is 1.77. The molecule has 1 fully saturated rings. The van der Waals surface area contributed by atoms with Gasteiger partial charge in [0.15, 0.2) is 0 Å². The van der Waals surface area contributed by atoms with Crippen LogP contribution in [0.1, 0.15) is 25.7 Å². The van der Waals surface area contributed by atoms with Crippen molar-refractivity contribution in [3.8, 4) is 0 Å². The molecule has 0 amide bonds. The minimum absolute atomic E-state index is 0.826. The van der Waals surface area contributed by atoms with E-state index in [1.165, 1.54) is 38.3 Å². The molecule has 0 radical (unpaired) electrons. The van der Waals surface area contributed by atoms with Crippen molar-refractivity contribution in [1.29, 1.82) is 0 Å². The van der Waals surface area contributed by atoms with Crippen molar-refractivity contribution < 1.29 is 0 Å². The van der Waals surface area contributed by atoms with E-state index in [0.717, 1.165) is 6.85 Å². The fourth-order valence-corrected chi connectivity index (χ4v) is 1.57. The highest BCUT2D eigenvalue weighted by Crippen LogP contribution is 2.15. The van der Waals surface area contributed by atoms with Crippen LogP contribution in [-0.4, -0.2) is 13.9 Å². The van der Waals surface area contributed by atoms with Crippen molar-refractivity contribution in [2.45, 2.75) is 38.3 Å². The molecule has 0 aromatic carbocycles. The van der Waals surface area contributed by atoms with E-state index in [0.29, 0.717) is 0 Å². The number of rotatable bonds is 1. The average molecular weight is 125 g/mol. The van der Waals surface area contributed by atoms with E-state index in [1.54, 1.807) is 0 Å². The third-order valence-corrected chi connectivity index (χ3v) is 2.26. The molecule has 1 aliphatic heterocycles. The Morgan fingerprint density at radius 1 is 1.00 bits per heavy atom. The van der Waals surface area contributed by atoms with Crippen molar-refractivity contribution in [1.82, 2.24) is 5.23 Å². The van der Waals surface area contributed by atoms with Crippen molar-refractivity contribution in [3.05, 3.63) is 0 Å². The van der Waals surface area contributed by atoms with E-state index in [-0.39, 0.29) is 0 Å². The van der Waals surface area contributed by atoms with Gasteiger partial charge in [0.1, 0.15) is 0 Å². The standard InChI is InChI=1S/C7H16BN/c1-9-8-6-4-2-3-5-7-8/h9H,2-7H2,1H3. The summed E-state index contributed by atoms with van der Waals surface area (Å²) in [6.45, 7) is 0.826. The third kappa shape index (κ3) is 2.40. The number of hydrogen-bond donors (Lipinski definition) is 1. The summed E-state index contributed by atoms with van der Waals surface area (Å²) in [5.41, 5.74) is 0. The molecule has 52 valence electrons. The first-order chi connectivity index (χ1) is 4.43. The van der Waals surface area contributed by atoms with Crippen LogP contribution in [0, 0.1) is 0 Å². The maximum atomic E-state index is 3.34. The quantitative estimate of drug-likeness (QED) is 0.526. The van der Waals surface area contributed by atoms with Crippen LogP contribution in [0.15, 0.2) is 0 Å². The van der Waals surface area contributed by atoms with Crippen LogP contribution in [0.5, 0.6) is 0 Å². The van der Waals surface area contributed by atoms with Gasteiger partial charge >= 0.3 is 0 Å². The van der Waals surface area contributed by atoms with Crippen LogP contribution in [0.2, 0.25) is 12.6 Å². The van der Waals surface area contributed by atoms with Crippen LogP contribution in [0.3, 0.4) is 0 Å². The molecule has 1 rings (SSSR count). The van der Waals surface area contributed by atoms with Crippen LogP contribution in [0.4, 0.5) is 0 Å². The van der Waals surface area contributed by atoms with Gasteiger partial charge in [0.2, 0.25) is 6.85 Å². The second-order valence-electron chi connectivity index (χ2n) is 2.98. The number of hydrogen-bond acceptors (Lipinski definition) is 1. The highest BCUT2D eigenvalue weighted by atomic mass is 14.7. The Kier molecular flexibility index (Phi) is 3.12. The lowest BCUT2D eigenvalue weighted by molar-refractivity contribution is 0.720. The van der Waals surface area contributed by atoms with Crippen LogP contribution < -0.4 is 5.23 Å². The Labute approximate surface area is 58.3 Å². The van der Waals surface area contributed by atoms with E-state index in [9.17, 15) is 0 Å². The first kappa shape index (κ1) is 7.14. The largest absolute Gasteiger partial charge is 0.358 e. The normalized spacial score (nSPS) is 21.7. The molecule has 0 aromatic rings. The van der Waals surface area contributed by atoms with Crippen molar-refractivity contribution in [3.63, 3.8) is 0 Å². The molecule has 0 spiro atoms. The van der Waals surface area contributed by atoms with Crippen molar-refractivity contribution in [2.24, 2.45) is 0 Å². The van der Waals surface area contributed by atoms with E-state index >= 15 is 0 Å². The smallest absolute Gasteiger partial charge is 0.220 e. The van der Waals surface area contributed by atoms with Crippen molar-refractivity contribution >= 4 is 6.85 Å². The lowest BCUT2D eigenvalue weighted by Crippen LogP contribution is -2.28. The Balaban J connectivity index is 2.18. The van der Waals surface area contributed by atoms with E-state index < -0.39 is 0 Å². The third-order valence-electron chi connectivity index (χ3n) is 2.26. The molecule has 2 heteroatoms. The molecule has 0 aliphatic carbocycles. The van der Waals surface area contributed by atoms with Crippen molar-refractivity contribution in [2.75, 3.05) is 7.05 Å². The maximum absolute atomic E-state index is 3.34. The minimum Gasteiger partial charge on any atom is -0.358 e. The summed E-state index contributed by atoms with van der Waals surface area (Å²) in [5, 5.41) is 3.34. The molecule has 1 nitrogen and oxygen atoms in total. The molecule has 0 unspecified atom stereocenters. The second kappa shape index (κ2) is 3.94. The molecular formula is C7H16BN. The van der Waals surface area contributed by atoms with Gasteiger partial charge in [0.05, 0.1) is 0 Å². The van der Waals surface area contributed by atoms with E-state index in [2.05, 4.69) is 12.3 Å². The predicted molar refractivity (Wildman–Crippen MR) is 42.9 cm³/mol. The van der Waals surface area contributed by atoms with Gasteiger partial charge in [-0.05, 0) is 7.05 Å². The van der Waals surface area contributed by atoms with Gasteiger partial charge in [-0.2, -0.15) is 0 Å². The molecule has 0 aromatic heterocycles. The first-order valence-corrected chi connectivity index (χ1v) is 4.11. The van der Waals surface area contributed by atoms with Gasteiger partial charge in [0.25, 0.3) is 0 Å². The van der Waals surface area contributed by atoms with E-state index in [1.807, 2.05) is 0 Å². The van der Waals surface area contributed by atoms with Gasteiger partial charge in [0, 0.05) is 0 Å². The summed E-state index contributed by atoms with van der Waals surface area (Å²) in [5.74, 6) is 0. The Bertz CT molecular complexity index is 67.3. The molecule has 0 bridgehead atoms. The lowest BCUT2D eigenvalue weighted by atomic mass is 9.56. The lowest BCUT2D eigenvalue weighted by Gasteiger charge is -2.05. The Morgan fingerprint density at radius 3 is 2.00 bits per heavy atom. The maximum Gasteiger partial charge on any atom is 0.220 e. The van der Waals surface area contributed by atoms with Crippen LogP contribution in [0.25, 0.3) is 0 Å². The molecule has 1 N–H and O–H groups in total. The SMILES string of the molecule is CNB1CCCCCC1. The fourth-order valence-electron chi connectivity index (χ4n) is 1.57. The molecule has 0 saturated carbocycles. The van der Waals surface area contributed by atoms with Gasteiger partial charge in [-0.1, -0.05) is 38.3 Å². The highest BCUT2D eigenvalue weighted by Gasteiger charge is 2.12. The molecule has 1 aliphatic rings. The summed E-state index contributed by atoms with van der Waals surface area (Å²) in [6, 6.07) is 0. The second-order valence-corrected chi connectivity index (χ2v) is 2.98. The molecular weight excluding hydrogens is 109 g/mol. The highest BCUT2D eigenvalue weighted by molar-refractivity contribution is 6.55. The topological polar surface area (TPSA) is 12.0 Å². The zero-order valence-corrected chi connectivity index (χ0v) is 6.32. The van der Waals surface area contributed by atoms with E-state index in [4.69, 9.17) is 0 Å². The zero-order valence-electron chi connectivity index (χ0n) is 6.32. The zero-order chi connectivity index (χ0) is 6.53. The molecule has 1 heterocycles. The summed E-state index contributed by atoms with van der Waals surface area (Å²) in [7, 11) is 2.08. The van der Waals surface area contributed by atoms with Gasteiger partial charge < -0.3 is 5.23 Å². The number of nitrogens with one attached hydrogen (secondary N) is 1. The minimum atomic E-state index is 0.826. The van der Waals surface area contributed by atoms with Gasteiger partial charge in [-0.15, -0.1) is 0 Å². The Morgan fingerprint density at radius 2 is 1.56 bits per heavy atom. The monoisotopic (exact) mass is 125 g/mol. The summed E-state index contributed by atoms with van der Waals surface area (Å²) in [4.78, 5) is 0. The fraction of sp³-hybridized carbons (Fsp3) is 1.00. The van der Waals surface area contributed by atoms with Gasteiger partial charge in [-0.25, -0.2) is 0 Å². The average Bonchev–Trinajstić information content (AvgIpc) is 2.13. The first-order valence-electron chi connectivity index (χ1n) is 4.11. The summed E-state index contributed by atoms with van der Waals surface area (Å²) >= 11 is 0. The molecule has 0 atom stereocenters. The summed E-state index contributed by atoms with van der Waals surface area (Å²) < 4.78 is 0. The summed E-state index contributed by atoms with van der Waals surface area (Å²) in [6.07, 6.45) is 8.58. The van der Waals surface area contributed by atoms with Crippen LogP contribution >= 0.6 is 0 Å². The molecule has 1 saturated heterocycles. The molecule has 9 heavy (non-hydrogen) atoms. The van der Waals surface area contributed by atoms with Gasteiger partial charge in [-0.3, -0.25) is 0 Å². The Hall–Kier alpha value is 0.0249. The van der Waals surface area contributed by atoms with Crippen LogP contribution in [-0.2, 0) is 0 Å².